The van der Waals surface area contributed by atoms with E-state index in [1.807, 2.05) is 0 Å². The average Bonchev–Trinajstić information content (AvgIpc) is 2.11. The average molecular weight is 384 g/mol. The molecule has 0 bridgehead atoms. The lowest BCUT2D eigenvalue weighted by Crippen LogP contribution is -2.41. The molecule has 0 N–H and O–H groups in total. The maximum absolute atomic E-state index is 6.30. The van der Waals surface area contributed by atoms with Crippen molar-refractivity contribution in [2.45, 2.75) is 76.4 Å². The molecular weight excluding hydrogens is 351 g/mol. The van der Waals surface area contributed by atoms with E-state index in [9.17, 15) is 0 Å². The van der Waals surface area contributed by atoms with E-state index in [1.165, 1.54) is 12.8 Å². The molecule has 0 rings (SSSR count). The van der Waals surface area contributed by atoms with Gasteiger partial charge < -0.3 is 4.43 Å². The van der Waals surface area contributed by atoms with Crippen LogP contribution in [0.25, 0.3) is 0 Å². The van der Waals surface area contributed by atoms with Crippen LogP contribution in [0, 0.1) is 11.8 Å². The topological polar surface area (TPSA) is 9.23 Å². The van der Waals surface area contributed by atoms with Crippen molar-refractivity contribution in [2.24, 2.45) is 11.8 Å². The first kappa shape index (κ1) is 18.9. The van der Waals surface area contributed by atoms with Gasteiger partial charge in [0.1, 0.15) is 0 Å². The van der Waals surface area contributed by atoms with Gasteiger partial charge in [0.2, 0.25) is 0 Å². The van der Waals surface area contributed by atoms with Crippen molar-refractivity contribution in [3.63, 3.8) is 0 Å². The van der Waals surface area contributed by atoms with Crippen molar-refractivity contribution in [3.05, 3.63) is 0 Å². The highest BCUT2D eigenvalue weighted by molar-refractivity contribution is 14.1. The quantitative estimate of drug-likeness (QED) is 0.302. The standard InChI is InChI=1S/C15H33IOSi/c1-12(10-14(3)16)9-13(2)11-17-18(7,8)15(4,5)6/h12-14H,9-11H2,1-8H3/t12-,13+,14+/m1/s1. The minimum Gasteiger partial charge on any atom is -0.417 e. The van der Waals surface area contributed by atoms with Crippen LogP contribution in [0.1, 0.15) is 54.4 Å². The van der Waals surface area contributed by atoms with E-state index >= 15 is 0 Å². The molecule has 0 unspecified atom stereocenters. The van der Waals surface area contributed by atoms with Crippen LogP contribution in [0.5, 0.6) is 0 Å². The molecule has 0 amide bonds. The van der Waals surface area contributed by atoms with Gasteiger partial charge in [-0.1, -0.05) is 64.1 Å². The Balaban J connectivity index is 4.08. The summed E-state index contributed by atoms with van der Waals surface area (Å²) in [5.74, 6) is 1.50. The Kier molecular flexibility index (Phi) is 8.01. The number of rotatable bonds is 7. The van der Waals surface area contributed by atoms with Gasteiger partial charge >= 0.3 is 0 Å². The molecule has 0 spiro atoms. The van der Waals surface area contributed by atoms with Crippen molar-refractivity contribution < 1.29 is 4.43 Å². The van der Waals surface area contributed by atoms with Gasteiger partial charge in [0, 0.05) is 10.5 Å². The summed E-state index contributed by atoms with van der Waals surface area (Å²) in [5.41, 5.74) is 0. The number of hydrogen-bond donors (Lipinski definition) is 0. The second kappa shape index (κ2) is 7.63. The van der Waals surface area contributed by atoms with E-state index in [1.54, 1.807) is 0 Å². The van der Waals surface area contributed by atoms with Crippen LogP contribution >= 0.6 is 22.6 Å². The van der Waals surface area contributed by atoms with Crippen LogP contribution in [-0.4, -0.2) is 18.8 Å². The Bertz CT molecular complexity index is 233. The fourth-order valence-corrected chi connectivity index (χ4v) is 3.98. The first-order chi connectivity index (χ1) is 7.95. The molecule has 3 heteroatoms. The zero-order valence-electron chi connectivity index (χ0n) is 13.6. The molecule has 0 aliphatic carbocycles. The molecule has 0 aliphatic rings. The van der Waals surface area contributed by atoms with Crippen molar-refractivity contribution in [2.75, 3.05) is 6.61 Å². The van der Waals surface area contributed by atoms with Gasteiger partial charge in [-0.05, 0) is 42.8 Å². The van der Waals surface area contributed by atoms with Gasteiger partial charge in [-0.2, -0.15) is 0 Å². The van der Waals surface area contributed by atoms with Crippen LogP contribution in [0.2, 0.25) is 18.1 Å². The minimum absolute atomic E-state index is 0.328. The van der Waals surface area contributed by atoms with Crippen LogP contribution in [0.3, 0.4) is 0 Å². The second-order valence-electron chi connectivity index (χ2n) is 7.53. The third-order valence-electron chi connectivity index (χ3n) is 4.07. The lowest BCUT2D eigenvalue weighted by molar-refractivity contribution is 0.215. The fourth-order valence-electron chi connectivity index (χ4n) is 1.97. The van der Waals surface area contributed by atoms with E-state index in [2.05, 4.69) is 77.2 Å². The summed E-state index contributed by atoms with van der Waals surface area (Å²) in [4.78, 5) is 0. The van der Waals surface area contributed by atoms with Gasteiger partial charge in [-0.3, -0.25) is 0 Å². The summed E-state index contributed by atoms with van der Waals surface area (Å²) >= 11 is 2.52. The monoisotopic (exact) mass is 384 g/mol. The smallest absolute Gasteiger partial charge is 0.191 e. The van der Waals surface area contributed by atoms with Gasteiger partial charge in [-0.25, -0.2) is 0 Å². The zero-order valence-corrected chi connectivity index (χ0v) is 16.8. The maximum atomic E-state index is 6.30. The van der Waals surface area contributed by atoms with Gasteiger partial charge in [0.15, 0.2) is 8.32 Å². The highest BCUT2D eigenvalue weighted by atomic mass is 127. The number of hydrogen-bond acceptors (Lipinski definition) is 1. The molecule has 1 nitrogen and oxygen atoms in total. The Morgan fingerprint density at radius 3 is 1.89 bits per heavy atom. The predicted molar refractivity (Wildman–Crippen MR) is 94.2 cm³/mol. The highest BCUT2D eigenvalue weighted by Crippen LogP contribution is 2.37. The third-order valence-corrected chi connectivity index (χ3v) is 9.08. The molecule has 0 radical (unpaired) electrons. The molecule has 0 saturated heterocycles. The van der Waals surface area contributed by atoms with Crippen LogP contribution in [0.4, 0.5) is 0 Å². The summed E-state index contributed by atoms with van der Waals surface area (Å²) in [7, 11) is -1.55. The van der Waals surface area contributed by atoms with Gasteiger partial charge in [0.05, 0.1) is 0 Å². The Hall–Kier alpha value is 0.907. The molecule has 0 aromatic rings. The largest absolute Gasteiger partial charge is 0.417 e. The summed E-state index contributed by atoms with van der Waals surface area (Å²) in [5, 5.41) is 0.328. The summed E-state index contributed by atoms with van der Waals surface area (Å²) in [6.07, 6.45) is 2.62. The zero-order chi connectivity index (χ0) is 14.6. The summed E-state index contributed by atoms with van der Waals surface area (Å²) < 4.78 is 7.08. The summed E-state index contributed by atoms with van der Waals surface area (Å²) in [6, 6.07) is 0. The number of halogens is 1. The maximum Gasteiger partial charge on any atom is 0.191 e. The van der Waals surface area contributed by atoms with Gasteiger partial charge in [0.25, 0.3) is 0 Å². The van der Waals surface area contributed by atoms with Crippen molar-refractivity contribution in [3.8, 4) is 0 Å². The Morgan fingerprint density at radius 2 is 1.50 bits per heavy atom. The molecule has 0 aliphatic heterocycles. The predicted octanol–water partition coefficient (Wildman–Crippen LogP) is 5.88. The van der Waals surface area contributed by atoms with E-state index in [0.29, 0.717) is 11.0 Å². The lowest BCUT2D eigenvalue weighted by Gasteiger charge is -2.37. The Labute approximate surface area is 130 Å². The van der Waals surface area contributed by atoms with E-state index in [0.717, 1.165) is 16.4 Å². The molecule has 0 saturated carbocycles. The first-order valence-electron chi connectivity index (χ1n) is 7.23. The molecule has 18 heavy (non-hydrogen) atoms. The second-order valence-corrected chi connectivity index (χ2v) is 14.5. The third kappa shape index (κ3) is 7.48. The highest BCUT2D eigenvalue weighted by Gasteiger charge is 2.37. The SMILES string of the molecule is C[C@H](CO[Si](C)(C)C(C)(C)C)C[C@@H](C)C[C@H](C)I. The molecule has 110 valence electrons. The van der Waals surface area contributed by atoms with E-state index < -0.39 is 8.32 Å². The molecule has 0 aromatic carbocycles. The molecule has 3 atom stereocenters. The molecule has 0 fully saturated rings. The van der Waals surface area contributed by atoms with Gasteiger partial charge in [-0.15, -0.1) is 0 Å². The number of alkyl halides is 1. The van der Waals surface area contributed by atoms with E-state index in [4.69, 9.17) is 4.43 Å². The van der Waals surface area contributed by atoms with E-state index in [-0.39, 0.29) is 0 Å². The van der Waals surface area contributed by atoms with Crippen molar-refractivity contribution >= 4 is 30.9 Å². The molecule has 0 heterocycles. The molecule has 0 aromatic heterocycles. The van der Waals surface area contributed by atoms with Crippen molar-refractivity contribution in [1.29, 1.82) is 0 Å². The molecular formula is C15H33IOSi. The van der Waals surface area contributed by atoms with Crippen LogP contribution in [0.15, 0.2) is 0 Å². The van der Waals surface area contributed by atoms with Crippen molar-refractivity contribution in [1.82, 2.24) is 0 Å². The lowest BCUT2D eigenvalue weighted by atomic mass is 9.94. The minimum atomic E-state index is -1.55. The normalized spacial score (nSPS) is 18.5. The van der Waals surface area contributed by atoms with Crippen LogP contribution in [-0.2, 0) is 4.43 Å². The van der Waals surface area contributed by atoms with Crippen LogP contribution < -0.4 is 0 Å². The summed E-state index contributed by atoms with van der Waals surface area (Å²) in [6.45, 7) is 19.6. The fraction of sp³-hybridized carbons (Fsp3) is 1.00. The first-order valence-corrected chi connectivity index (χ1v) is 11.4. The Morgan fingerprint density at radius 1 is 1.00 bits per heavy atom.